The van der Waals surface area contributed by atoms with Crippen molar-refractivity contribution in [1.82, 2.24) is 5.32 Å². The predicted octanol–water partition coefficient (Wildman–Crippen LogP) is 3.97. The molecule has 0 bridgehead atoms. The molecule has 2 amide bonds. The van der Waals surface area contributed by atoms with Crippen molar-refractivity contribution in [3.63, 3.8) is 0 Å². The fourth-order valence-corrected chi connectivity index (χ4v) is 2.75. The fourth-order valence-electron chi connectivity index (χ4n) is 2.52. The Morgan fingerprint density at radius 1 is 1.08 bits per heavy atom. The van der Waals surface area contributed by atoms with Crippen LogP contribution in [0.5, 0.6) is 0 Å². The highest BCUT2D eigenvalue weighted by atomic mass is 35.5. The maximum atomic E-state index is 12.6. The lowest BCUT2D eigenvalue weighted by atomic mass is 10.0. The van der Waals surface area contributed by atoms with Crippen LogP contribution >= 0.6 is 11.6 Å². The summed E-state index contributed by atoms with van der Waals surface area (Å²) in [4.78, 5) is 24.9. The Bertz CT molecular complexity index is 745. The molecule has 25 heavy (non-hydrogen) atoms. The van der Waals surface area contributed by atoms with E-state index in [1.54, 1.807) is 18.2 Å². The van der Waals surface area contributed by atoms with E-state index in [2.05, 4.69) is 10.6 Å². The van der Waals surface area contributed by atoms with E-state index in [9.17, 15) is 9.59 Å². The van der Waals surface area contributed by atoms with Crippen LogP contribution in [0.4, 0.5) is 5.69 Å². The van der Waals surface area contributed by atoms with Gasteiger partial charge in [0.25, 0.3) is 0 Å². The third-order valence-corrected chi connectivity index (χ3v) is 4.15. The lowest BCUT2D eigenvalue weighted by Gasteiger charge is -2.22. The first kappa shape index (κ1) is 19.0. The normalized spacial score (nSPS) is 11.9. The average molecular weight is 359 g/mol. The standard InChI is InChI=1S/C20H23ClN2O2/c1-13(2)19(23-18(24)12-15-7-5-4-6-8-15)20(25)22-17-10-9-16(21)11-14(17)3/h4-11,13,19H,12H2,1-3H3,(H,22,25)(H,23,24). The number of rotatable bonds is 6. The Morgan fingerprint density at radius 2 is 1.76 bits per heavy atom. The van der Waals surface area contributed by atoms with Gasteiger partial charge in [-0.25, -0.2) is 0 Å². The molecule has 2 N–H and O–H groups in total. The van der Waals surface area contributed by atoms with E-state index in [1.807, 2.05) is 51.1 Å². The Labute approximate surface area is 153 Å². The molecule has 0 spiro atoms. The van der Waals surface area contributed by atoms with Gasteiger partial charge >= 0.3 is 0 Å². The molecule has 2 aromatic rings. The molecule has 132 valence electrons. The molecule has 2 rings (SSSR count). The second kappa shape index (κ2) is 8.67. The number of hydrogen-bond acceptors (Lipinski definition) is 2. The van der Waals surface area contributed by atoms with Crippen LogP contribution in [-0.4, -0.2) is 17.9 Å². The van der Waals surface area contributed by atoms with Gasteiger partial charge in [-0.2, -0.15) is 0 Å². The van der Waals surface area contributed by atoms with Gasteiger partial charge in [0.05, 0.1) is 6.42 Å². The quantitative estimate of drug-likeness (QED) is 0.820. The van der Waals surface area contributed by atoms with Crippen LogP contribution in [0.3, 0.4) is 0 Å². The Kier molecular flexibility index (Phi) is 6.59. The summed E-state index contributed by atoms with van der Waals surface area (Å²) in [6.45, 7) is 5.68. The van der Waals surface area contributed by atoms with Crippen molar-refractivity contribution >= 4 is 29.1 Å². The molecule has 0 aliphatic heterocycles. The van der Waals surface area contributed by atoms with E-state index >= 15 is 0 Å². The van der Waals surface area contributed by atoms with Gasteiger partial charge in [0.2, 0.25) is 11.8 Å². The van der Waals surface area contributed by atoms with Crippen molar-refractivity contribution in [2.24, 2.45) is 5.92 Å². The first-order valence-corrected chi connectivity index (χ1v) is 8.65. The molecular weight excluding hydrogens is 336 g/mol. The van der Waals surface area contributed by atoms with Gasteiger partial charge in [-0.3, -0.25) is 9.59 Å². The number of hydrogen-bond donors (Lipinski definition) is 2. The lowest BCUT2D eigenvalue weighted by molar-refractivity contribution is -0.127. The number of carbonyl (C=O) groups is 2. The third kappa shape index (κ3) is 5.61. The molecule has 0 saturated carbocycles. The van der Waals surface area contributed by atoms with Crippen LogP contribution < -0.4 is 10.6 Å². The minimum absolute atomic E-state index is 0.0349. The molecule has 0 radical (unpaired) electrons. The van der Waals surface area contributed by atoms with Crippen LogP contribution in [0.25, 0.3) is 0 Å². The van der Waals surface area contributed by atoms with E-state index < -0.39 is 6.04 Å². The van der Waals surface area contributed by atoms with Gasteiger partial charge in [-0.05, 0) is 42.2 Å². The molecule has 0 heterocycles. The van der Waals surface area contributed by atoms with E-state index in [0.29, 0.717) is 10.7 Å². The van der Waals surface area contributed by atoms with Crippen LogP contribution in [0, 0.1) is 12.8 Å². The van der Waals surface area contributed by atoms with Crippen molar-refractivity contribution in [1.29, 1.82) is 0 Å². The summed E-state index contributed by atoms with van der Waals surface area (Å²) in [5.41, 5.74) is 2.48. The van der Waals surface area contributed by atoms with Gasteiger partial charge in [-0.1, -0.05) is 55.8 Å². The highest BCUT2D eigenvalue weighted by Gasteiger charge is 2.24. The van der Waals surface area contributed by atoms with Crippen molar-refractivity contribution in [2.45, 2.75) is 33.2 Å². The SMILES string of the molecule is Cc1cc(Cl)ccc1NC(=O)C(NC(=O)Cc1ccccc1)C(C)C. The summed E-state index contributed by atoms with van der Waals surface area (Å²) in [6, 6.07) is 14.1. The number of aryl methyl sites for hydroxylation is 1. The summed E-state index contributed by atoms with van der Waals surface area (Å²) < 4.78 is 0. The van der Waals surface area contributed by atoms with E-state index in [0.717, 1.165) is 11.1 Å². The van der Waals surface area contributed by atoms with E-state index in [-0.39, 0.29) is 24.2 Å². The Morgan fingerprint density at radius 3 is 2.36 bits per heavy atom. The van der Waals surface area contributed by atoms with Gasteiger partial charge in [0, 0.05) is 10.7 Å². The monoisotopic (exact) mass is 358 g/mol. The topological polar surface area (TPSA) is 58.2 Å². The van der Waals surface area contributed by atoms with E-state index in [4.69, 9.17) is 11.6 Å². The highest BCUT2D eigenvalue weighted by molar-refractivity contribution is 6.30. The molecule has 4 nitrogen and oxygen atoms in total. The number of halogens is 1. The molecule has 0 fully saturated rings. The predicted molar refractivity (Wildman–Crippen MR) is 102 cm³/mol. The lowest BCUT2D eigenvalue weighted by Crippen LogP contribution is -2.47. The van der Waals surface area contributed by atoms with Gasteiger partial charge in [0.15, 0.2) is 0 Å². The number of amides is 2. The summed E-state index contributed by atoms with van der Waals surface area (Å²) in [5, 5.41) is 6.33. The zero-order chi connectivity index (χ0) is 18.4. The average Bonchev–Trinajstić information content (AvgIpc) is 2.55. The molecule has 2 aromatic carbocycles. The molecule has 0 aliphatic carbocycles. The maximum absolute atomic E-state index is 12.6. The van der Waals surface area contributed by atoms with Crippen LogP contribution in [0.2, 0.25) is 5.02 Å². The number of carbonyl (C=O) groups excluding carboxylic acids is 2. The first-order chi connectivity index (χ1) is 11.9. The van der Waals surface area contributed by atoms with Gasteiger partial charge < -0.3 is 10.6 Å². The number of anilines is 1. The Balaban J connectivity index is 2.03. The molecule has 1 unspecified atom stereocenters. The number of benzene rings is 2. The molecule has 0 aliphatic rings. The number of nitrogens with one attached hydrogen (secondary N) is 2. The van der Waals surface area contributed by atoms with Crippen LogP contribution in [0.1, 0.15) is 25.0 Å². The largest absolute Gasteiger partial charge is 0.344 e. The fraction of sp³-hybridized carbons (Fsp3) is 0.300. The van der Waals surface area contributed by atoms with E-state index in [1.165, 1.54) is 0 Å². The smallest absolute Gasteiger partial charge is 0.247 e. The minimum atomic E-state index is -0.605. The zero-order valence-corrected chi connectivity index (χ0v) is 15.4. The van der Waals surface area contributed by atoms with Crippen molar-refractivity contribution in [3.05, 3.63) is 64.7 Å². The maximum Gasteiger partial charge on any atom is 0.247 e. The first-order valence-electron chi connectivity index (χ1n) is 8.27. The molecular formula is C20H23ClN2O2. The van der Waals surface area contributed by atoms with Crippen LogP contribution in [-0.2, 0) is 16.0 Å². The van der Waals surface area contributed by atoms with Crippen molar-refractivity contribution in [3.8, 4) is 0 Å². The Hall–Kier alpha value is -2.33. The summed E-state index contributed by atoms with van der Waals surface area (Å²) in [7, 11) is 0. The molecule has 0 aromatic heterocycles. The molecule has 0 saturated heterocycles. The van der Waals surface area contributed by atoms with Crippen molar-refractivity contribution < 1.29 is 9.59 Å². The molecule has 5 heteroatoms. The zero-order valence-electron chi connectivity index (χ0n) is 14.7. The minimum Gasteiger partial charge on any atom is -0.344 e. The summed E-state index contributed by atoms with van der Waals surface area (Å²) in [6.07, 6.45) is 0.247. The summed E-state index contributed by atoms with van der Waals surface area (Å²) >= 11 is 5.94. The van der Waals surface area contributed by atoms with Gasteiger partial charge in [-0.15, -0.1) is 0 Å². The van der Waals surface area contributed by atoms with Crippen molar-refractivity contribution in [2.75, 3.05) is 5.32 Å². The third-order valence-electron chi connectivity index (χ3n) is 3.92. The second-order valence-electron chi connectivity index (χ2n) is 6.40. The second-order valence-corrected chi connectivity index (χ2v) is 6.84. The summed E-state index contributed by atoms with van der Waals surface area (Å²) in [5.74, 6) is -0.443. The highest BCUT2D eigenvalue weighted by Crippen LogP contribution is 2.20. The van der Waals surface area contributed by atoms with Gasteiger partial charge in [0.1, 0.15) is 6.04 Å². The van der Waals surface area contributed by atoms with Crippen LogP contribution in [0.15, 0.2) is 48.5 Å². The molecule has 1 atom stereocenters.